The van der Waals surface area contributed by atoms with Crippen molar-refractivity contribution < 1.29 is 9.84 Å². The van der Waals surface area contributed by atoms with E-state index in [-0.39, 0.29) is 6.04 Å². The van der Waals surface area contributed by atoms with Gasteiger partial charge in [0, 0.05) is 12.6 Å². The standard InChI is InChI=1S/C13H21N3O2/c1-4-18-12-8-11(14-9-15-12)16-7-5-6-10(16)13(2,3)17/h8-10,17H,4-7H2,1-3H3/t10-/m0/s1. The molecule has 1 aliphatic rings. The Labute approximate surface area is 108 Å². The van der Waals surface area contributed by atoms with Gasteiger partial charge in [-0.25, -0.2) is 9.97 Å². The Hall–Kier alpha value is -1.36. The van der Waals surface area contributed by atoms with Crippen molar-refractivity contribution in [1.82, 2.24) is 9.97 Å². The van der Waals surface area contributed by atoms with Gasteiger partial charge in [-0.1, -0.05) is 0 Å². The molecule has 2 rings (SSSR count). The molecule has 0 aliphatic carbocycles. The Kier molecular flexibility index (Phi) is 3.71. The molecule has 5 heteroatoms. The molecule has 100 valence electrons. The molecule has 1 saturated heterocycles. The average Bonchev–Trinajstić information content (AvgIpc) is 2.78. The van der Waals surface area contributed by atoms with Crippen molar-refractivity contribution in [2.75, 3.05) is 18.1 Å². The summed E-state index contributed by atoms with van der Waals surface area (Å²) in [4.78, 5) is 10.5. The Bertz CT molecular complexity index is 403. The fourth-order valence-corrected chi connectivity index (χ4v) is 2.49. The fraction of sp³-hybridized carbons (Fsp3) is 0.692. The summed E-state index contributed by atoms with van der Waals surface area (Å²) in [6, 6.07) is 1.94. The van der Waals surface area contributed by atoms with E-state index in [0.717, 1.165) is 25.2 Å². The van der Waals surface area contributed by atoms with Crippen LogP contribution in [0.2, 0.25) is 0 Å². The largest absolute Gasteiger partial charge is 0.478 e. The monoisotopic (exact) mass is 251 g/mol. The number of aliphatic hydroxyl groups is 1. The molecule has 1 N–H and O–H groups in total. The van der Waals surface area contributed by atoms with Gasteiger partial charge >= 0.3 is 0 Å². The number of nitrogens with zero attached hydrogens (tertiary/aromatic N) is 3. The van der Waals surface area contributed by atoms with Gasteiger partial charge in [0.2, 0.25) is 5.88 Å². The third kappa shape index (κ3) is 2.72. The van der Waals surface area contributed by atoms with E-state index in [2.05, 4.69) is 14.9 Å². The van der Waals surface area contributed by atoms with Gasteiger partial charge in [0.1, 0.15) is 12.1 Å². The van der Waals surface area contributed by atoms with Crippen molar-refractivity contribution in [3.63, 3.8) is 0 Å². The van der Waals surface area contributed by atoms with Crippen LogP contribution in [0.15, 0.2) is 12.4 Å². The van der Waals surface area contributed by atoms with Gasteiger partial charge < -0.3 is 14.7 Å². The van der Waals surface area contributed by atoms with Gasteiger partial charge in [-0.3, -0.25) is 0 Å². The molecular weight excluding hydrogens is 230 g/mol. The number of rotatable bonds is 4. The summed E-state index contributed by atoms with van der Waals surface area (Å²) in [6.45, 7) is 7.13. The van der Waals surface area contributed by atoms with Gasteiger partial charge in [-0.05, 0) is 33.6 Å². The van der Waals surface area contributed by atoms with E-state index in [9.17, 15) is 5.11 Å². The zero-order valence-corrected chi connectivity index (χ0v) is 11.3. The second-order valence-electron chi connectivity index (χ2n) is 5.15. The molecule has 1 aromatic heterocycles. The van der Waals surface area contributed by atoms with E-state index in [1.807, 2.05) is 26.8 Å². The number of anilines is 1. The molecule has 0 saturated carbocycles. The van der Waals surface area contributed by atoms with E-state index < -0.39 is 5.60 Å². The maximum atomic E-state index is 10.2. The Morgan fingerprint density at radius 2 is 2.28 bits per heavy atom. The normalized spacial score (nSPS) is 20.2. The van der Waals surface area contributed by atoms with E-state index in [0.29, 0.717) is 12.5 Å². The highest BCUT2D eigenvalue weighted by molar-refractivity contribution is 5.44. The predicted octanol–water partition coefficient (Wildman–Crippen LogP) is 1.61. The van der Waals surface area contributed by atoms with E-state index in [1.54, 1.807) is 0 Å². The lowest BCUT2D eigenvalue weighted by Gasteiger charge is -2.34. The SMILES string of the molecule is CCOc1cc(N2CCC[C@H]2C(C)(C)O)ncn1. The molecule has 18 heavy (non-hydrogen) atoms. The summed E-state index contributed by atoms with van der Waals surface area (Å²) >= 11 is 0. The molecule has 0 bridgehead atoms. The maximum Gasteiger partial charge on any atom is 0.218 e. The van der Waals surface area contributed by atoms with Gasteiger partial charge in [-0.15, -0.1) is 0 Å². The molecule has 0 aromatic carbocycles. The molecule has 1 atom stereocenters. The summed E-state index contributed by atoms with van der Waals surface area (Å²) in [7, 11) is 0. The number of hydrogen-bond acceptors (Lipinski definition) is 5. The lowest BCUT2D eigenvalue weighted by Crippen LogP contribution is -2.46. The topological polar surface area (TPSA) is 58.5 Å². The summed E-state index contributed by atoms with van der Waals surface area (Å²) in [5, 5.41) is 10.2. The Balaban J connectivity index is 2.22. The molecule has 0 radical (unpaired) electrons. The van der Waals surface area contributed by atoms with Crippen molar-refractivity contribution in [3.8, 4) is 5.88 Å². The van der Waals surface area contributed by atoms with E-state index in [4.69, 9.17) is 4.74 Å². The molecule has 1 aromatic rings. The van der Waals surface area contributed by atoms with E-state index >= 15 is 0 Å². The van der Waals surface area contributed by atoms with Crippen LogP contribution < -0.4 is 9.64 Å². The lowest BCUT2D eigenvalue weighted by atomic mass is 9.97. The summed E-state index contributed by atoms with van der Waals surface area (Å²) in [5.41, 5.74) is -0.729. The van der Waals surface area contributed by atoms with Gasteiger partial charge in [0.05, 0.1) is 18.2 Å². The van der Waals surface area contributed by atoms with Crippen LogP contribution >= 0.6 is 0 Å². The summed E-state index contributed by atoms with van der Waals surface area (Å²) < 4.78 is 5.39. The maximum absolute atomic E-state index is 10.2. The Morgan fingerprint density at radius 1 is 1.50 bits per heavy atom. The van der Waals surface area contributed by atoms with Crippen LogP contribution in [0.1, 0.15) is 33.6 Å². The quantitative estimate of drug-likeness (QED) is 0.881. The second-order valence-corrected chi connectivity index (χ2v) is 5.15. The molecule has 1 aliphatic heterocycles. The third-order valence-corrected chi connectivity index (χ3v) is 3.28. The highest BCUT2D eigenvalue weighted by atomic mass is 16.5. The van der Waals surface area contributed by atoms with E-state index in [1.165, 1.54) is 6.33 Å². The van der Waals surface area contributed by atoms with Crippen LogP contribution in [0.5, 0.6) is 5.88 Å². The predicted molar refractivity (Wildman–Crippen MR) is 69.9 cm³/mol. The summed E-state index contributed by atoms with van der Waals surface area (Å²) in [5.74, 6) is 1.42. The van der Waals surface area contributed by atoms with Gasteiger partial charge in [0.25, 0.3) is 0 Å². The zero-order valence-electron chi connectivity index (χ0n) is 11.3. The number of hydrogen-bond donors (Lipinski definition) is 1. The number of ether oxygens (including phenoxy) is 1. The minimum absolute atomic E-state index is 0.0990. The number of aromatic nitrogens is 2. The average molecular weight is 251 g/mol. The van der Waals surface area contributed by atoms with Crippen LogP contribution in [-0.2, 0) is 0 Å². The highest BCUT2D eigenvalue weighted by Gasteiger charge is 2.36. The third-order valence-electron chi connectivity index (χ3n) is 3.28. The molecule has 2 heterocycles. The van der Waals surface area contributed by atoms with Crippen LogP contribution in [-0.4, -0.2) is 39.9 Å². The highest BCUT2D eigenvalue weighted by Crippen LogP contribution is 2.31. The zero-order chi connectivity index (χ0) is 13.2. The second kappa shape index (κ2) is 5.10. The smallest absolute Gasteiger partial charge is 0.218 e. The first-order valence-corrected chi connectivity index (χ1v) is 6.46. The summed E-state index contributed by atoms with van der Waals surface area (Å²) in [6.07, 6.45) is 3.57. The fourth-order valence-electron chi connectivity index (χ4n) is 2.49. The van der Waals surface area contributed by atoms with Crippen LogP contribution in [0.25, 0.3) is 0 Å². The lowest BCUT2D eigenvalue weighted by molar-refractivity contribution is 0.0532. The van der Waals surface area contributed by atoms with Crippen LogP contribution in [0.3, 0.4) is 0 Å². The van der Waals surface area contributed by atoms with Gasteiger partial charge in [0.15, 0.2) is 0 Å². The van der Waals surface area contributed by atoms with Crippen LogP contribution in [0, 0.1) is 0 Å². The minimum atomic E-state index is -0.729. The van der Waals surface area contributed by atoms with Crippen molar-refractivity contribution in [1.29, 1.82) is 0 Å². The Morgan fingerprint density at radius 3 is 2.94 bits per heavy atom. The van der Waals surface area contributed by atoms with Crippen molar-refractivity contribution in [3.05, 3.63) is 12.4 Å². The molecular formula is C13H21N3O2. The molecule has 5 nitrogen and oxygen atoms in total. The van der Waals surface area contributed by atoms with Crippen LogP contribution in [0.4, 0.5) is 5.82 Å². The molecule has 0 spiro atoms. The minimum Gasteiger partial charge on any atom is -0.478 e. The molecule has 0 unspecified atom stereocenters. The molecule has 1 fully saturated rings. The van der Waals surface area contributed by atoms with Crippen molar-refractivity contribution >= 4 is 5.82 Å². The van der Waals surface area contributed by atoms with Crippen molar-refractivity contribution in [2.24, 2.45) is 0 Å². The first-order chi connectivity index (χ1) is 8.52. The molecule has 0 amide bonds. The first kappa shape index (κ1) is 13.1. The first-order valence-electron chi connectivity index (χ1n) is 6.46. The van der Waals surface area contributed by atoms with Gasteiger partial charge in [-0.2, -0.15) is 0 Å². The van der Waals surface area contributed by atoms with Crippen molar-refractivity contribution in [2.45, 2.75) is 45.3 Å².